The fourth-order valence-electron chi connectivity index (χ4n) is 2.13. The number of halogens is 1. The summed E-state index contributed by atoms with van der Waals surface area (Å²) in [6, 6.07) is 9.41. The number of aryl methyl sites for hydroxylation is 1. The van der Waals surface area contributed by atoms with Gasteiger partial charge in [0, 0.05) is 33.3 Å². The van der Waals surface area contributed by atoms with Crippen molar-refractivity contribution in [2.75, 3.05) is 5.32 Å². The van der Waals surface area contributed by atoms with Crippen LogP contribution in [0.3, 0.4) is 0 Å². The summed E-state index contributed by atoms with van der Waals surface area (Å²) < 4.78 is 0.890. The number of fused-ring (bicyclic) bond motifs is 1. The van der Waals surface area contributed by atoms with Gasteiger partial charge in [0.15, 0.2) is 0 Å². The van der Waals surface area contributed by atoms with Gasteiger partial charge in [0.25, 0.3) is 5.91 Å². The van der Waals surface area contributed by atoms with E-state index in [0.717, 1.165) is 20.9 Å². The molecule has 2 N–H and O–H groups in total. The van der Waals surface area contributed by atoms with Crippen molar-refractivity contribution < 1.29 is 4.79 Å². The van der Waals surface area contributed by atoms with Crippen molar-refractivity contribution in [1.82, 2.24) is 9.97 Å². The maximum absolute atomic E-state index is 12.4. The lowest BCUT2D eigenvalue weighted by atomic mass is 10.1. The van der Waals surface area contributed by atoms with Gasteiger partial charge < -0.3 is 10.3 Å². The Labute approximate surface area is 124 Å². The van der Waals surface area contributed by atoms with Gasteiger partial charge in [-0.1, -0.05) is 6.07 Å². The molecule has 0 atom stereocenters. The zero-order chi connectivity index (χ0) is 14.1. The number of rotatable bonds is 2. The molecule has 20 heavy (non-hydrogen) atoms. The van der Waals surface area contributed by atoms with Gasteiger partial charge >= 0.3 is 0 Å². The first-order chi connectivity index (χ1) is 9.65. The van der Waals surface area contributed by atoms with E-state index < -0.39 is 0 Å². The Morgan fingerprint density at radius 3 is 3.00 bits per heavy atom. The topological polar surface area (TPSA) is 57.8 Å². The largest absolute Gasteiger partial charge is 0.361 e. The van der Waals surface area contributed by atoms with E-state index in [-0.39, 0.29) is 5.91 Å². The van der Waals surface area contributed by atoms with E-state index in [9.17, 15) is 4.79 Å². The standard InChI is InChI=1S/C15H12BrN3O/c1-9-7-10(16)8-18-14(9)19-15(20)12-3-2-4-13-11(12)5-6-17-13/h2-8,17H,1H3,(H,18,19,20). The van der Waals surface area contributed by atoms with E-state index in [1.165, 1.54) is 0 Å². The van der Waals surface area contributed by atoms with Gasteiger partial charge in [0.05, 0.1) is 0 Å². The molecule has 3 rings (SSSR count). The van der Waals surface area contributed by atoms with Crippen LogP contribution < -0.4 is 5.32 Å². The van der Waals surface area contributed by atoms with E-state index in [4.69, 9.17) is 0 Å². The fourth-order valence-corrected chi connectivity index (χ4v) is 2.58. The van der Waals surface area contributed by atoms with Gasteiger partial charge in [-0.15, -0.1) is 0 Å². The number of hydrogen-bond acceptors (Lipinski definition) is 2. The molecule has 0 bridgehead atoms. The van der Waals surface area contributed by atoms with Crippen molar-refractivity contribution in [2.45, 2.75) is 6.92 Å². The lowest BCUT2D eigenvalue weighted by molar-refractivity contribution is 0.102. The van der Waals surface area contributed by atoms with Gasteiger partial charge in [-0.2, -0.15) is 0 Å². The molecule has 0 spiro atoms. The molecule has 0 fully saturated rings. The number of pyridine rings is 1. The minimum Gasteiger partial charge on any atom is -0.361 e. The highest BCUT2D eigenvalue weighted by Crippen LogP contribution is 2.21. The summed E-state index contributed by atoms with van der Waals surface area (Å²) in [5, 5.41) is 3.75. The Hall–Kier alpha value is -2.14. The van der Waals surface area contributed by atoms with Crippen molar-refractivity contribution in [3.8, 4) is 0 Å². The third-order valence-electron chi connectivity index (χ3n) is 3.12. The fraction of sp³-hybridized carbons (Fsp3) is 0.0667. The minimum atomic E-state index is -0.159. The Balaban J connectivity index is 1.95. The molecule has 1 amide bonds. The van der Waals surface area contributed by atoms with E-state index in [2.05, 4.69) is 31.2 Å². The SMILES string of the molecule is Cc1cc(Br)cnc1NC(=O)c1cccc2[nH]ccc12. The molecule has 0 radical (unpaired) electrons. The molecule has 1 aromatic carbocycles. The second-order valence-electron chi connectivity index (χ2n) is 4.52. The molecule has 100 valence electrons. The van der Waals surface area contributed by atoms with Gasteiger partial charge in [0.2, 0.25) is 0 Å². The number of hydrogen-bond donors (Lipinski definition) is 2. The summed E-state index contributed by atoms with van der Waals surface area (Å²) >= 11 is 3.36. The Kier molecular flexibility index (Phi) is 3.28. The first-order valence-corrected chi connectivity index (χ1v) is 6.94. The Morgan fingerprint density at radius 2 is 2.20 bits per heavy atom. The number of nitrogens with zero attached hydrogens (tertiary/aromatic N) is 1. The normalized spacial score (nSPS) is 10.7. The highest BCUT2D eigenvalue weighted by atomic mass is 79.9. The van der Waals surface area contributed by atoms with E-state index in [1.54, 1.807) is 12.3 Å². The maximum atomic E-state index is 12.4. The van der Waals surface area contributed by atoms with Gasteiger partial charge in [-0.05, 0) is 52.7 Å². The van der Waals surface area contributed by atoms with E-state index >= 15 is 0 Å². The Bertz CT molecular complexity index is 795. The number of aromatic amines is 1. The number of carbonyl (C=O) groups excluding carboxylic acids is 1. The number of carbonyl (C=O) groups is 1. The predicted molar refractivity (Wildman–Crippen MR) is 82.9 cm³/mol. The van der Waals surface area contributed by atoms with E-state index in [0.29, 0.717) is 11.4 Å². The summed E-state index contributed by atoms with van der Waals surface area (Å²) in [6.45, 7) is 1.91. The van der Waals surface area contributed by atoms with Gasteiger partial charge in [-0.3, -0.25) is 4.79 Å². The van der Waals surface area contributed by atoms with Gasteiger partial charge in [0.1, 0.15) is 5.82 Å². The molecule has 2 aromatic heterocycles. The number of amides is 1. The number of anilines is 1. The molecule has 0 unspecified atom stereocenters. The second kappa shape index (κ2) is 5.09. The summed E-state index contributed by atoms with van der Waals surface area (Å²) in [4.78, 5) is 19.7. The predicted octanol–water partition coefficient (Wildman–Crippen LogP) is 3.89. The highest BCUT2D eigenvalue weighted by molar-refractivity contribution is 9.10. The number of aromatic nitrogens is 2. The molecule has 0 aliphatic heterocycles. The smallest absolute Gasteiger partial charge is 0.257 e. The highest BCUT2D eigenvalue weighted by Gasteiger charge is 2.12. The average Bonchev–Trinajstić information content (AvgIpc) is 2.90. The summed E-state index contributed by atoms with van der Waals surface area (Å²) in [6.07, 6.45) is 3.49. The van der Waals surface area contributed by atoms with Crippen LogP contribution in [0.4, 0.5) is 5.82 Å². The molecule has 2 heterocycles. The van der Waals surface area contributed by atoms with Gasteiger partial charge in [-0.25, -0.2) is 4.98 Å². The van der Waals surface area contributed by atoms with Crippen LogP contribution in [0, 0.1) is 6.92 Å². The lowest BCUT2D eigenvalue weighted by Crippen LogP contribution is -2.14. The molecular weight excluding hydrogens is 318 g/mol. The summed E-state index contributed by atoms with van der Waals surface area (Å²) in [7, 11) is 0. The molecule has 5 heteroatoms. The van der Waals surface area contributed by atoms with Crippen LogP contribution in [-0.2, 0) is 0 Å². The lowest BCUT2D eigenvalue weighted by Gasteiger charge is -2.08. The first kappa shape index (κ1) is 12.9. The number of benzene rings is 1. The van der Waals surface area contributed by atoms with Crippen molar-refractivity contribution in [3.05, 3.63) is 58.3 Å². The molecule has 0 aliphatic rings. The second-order valence-corrected chi connectivity index (χ2v) is 5.43. The number of H-pyrrole nitrogens is 1. The third-order valence-corrected chi connectivity index (χ3v) is 3.55. The molecule has 0 aliphatic carbocycles. The monoisotopic (exact) mass is 329 g/mol. The molecule has 0 saturated carbocycles. The zero-order valence-electron chi connectivity index (χ0n) is 10.8. The van der Waals surface area contributed by atoms with Crippen molar-refractivity contribution in [1.29, 1.82) is 0 Å². The number of nitrogens with one attached hydrogen (secondary N) is 2. The summed E-state index contributed by atoms with van der Waals surface area (Å²) in [5.41, 5.74) is 2.49. The van der Waals surface area contributed by atoms with Crippen molar-refractivity contribution in [3.63, 3.8) is 0 Å². The van der Waals surface area contributed by atoms with Crippen LogP contribution >= 0.6 is 15.9 Å². The van der Waals surface area contributed by atoms with Crippen molar-refractivity contribution in [2.24, 2.45) is 0 Å². The van der Waals surface area contributed by atoms with Crippen LogP contribution in [0.1, 0.15) is 15.9 Å². The molecule has 4 nitrogen and oxygen atoms in total. The van der Waals surface area contributed by atoms with Crippen LogP contribution in [0.25, 0.3) is 10.9 Å². The molecule has 0 saturated heterocycles. The quantitative estimate of drug-likeness (QED) is 0.749. The first-order valence-electron chi connectivity index (χ1n) is 6.15. The van der Waals surface area contributed by atoms with Crippen LogP contribution in [-0.4, -0.2) is 15.9 Å². The molecular formula is C15H12BrN3O. The average molecular weight is 330 g/mol. The minimum absolute atomic E-state index is 0.159. The van der Waals surface area contributed by atoms with Crippen LogP contribution in [0.2, 0.25) is 0 Å². The Morgan fingerprint density at radius 1 is 1.35 bits per heavy atom. The third kappa shape index (κ3) is 2.32. The zero-order valence-corrected chi connectivity index (χ0v) is 12.4. The summed E-state index contributed by atoms with van der Waals surface area (Å²) in [5.74, 6) is 0.416. The van der Waals surface area contributed by atoms with Crippen molar-refractivity contribution >= 4 is 38.6 Å². The maximum Gasteiger partial charge on any atom is 0.257 e. The van der Waals surface area contributed by atoms with E-state index in [1.807, 2.05) is 37.4 Å². The van der Waals surface area contributed by atoms with Crippen LogP contribution in [0.5, 0.6) is 0 Å². The molecule has 3 aromatic rings. The van der Waals surface area contributed by atoms with Crippen LogP contribution in [0.15, 0.2) is 47.2 Å².